The third kappa shape index (κ3) is 2.76. The van der Waals surface area contributed by atoms with E-state index < -0.39 is 8.32 Å². The Morgan fingerprint density at radius 2 is 1.81 bits per heavy atom. The second-order valence-corrected chi connectivity index (χ2v) is 9.49. The first-order valence-corrected chi connectivity index (χ1v) is 8.84. The average molecular weight is 240 g/mol. The average Bonchev–Trinajstić information content (AvgIpc) is 2.79. The predicted octanol–water partition coefficient (Wildman–Crippen LogP) is 4.04. The van der Waals surface area contributed by atoms with Gasteiger partial charge in [-0.2, -0.15) is 0 Å². The fourth-order valence-corrected chi connectivity index (χ4v) is 6.89. The molecule has 0 radical (unpaired) electrons. The number of hydrogen-bond donors (Lipinski definition) is 0. The summed E-state index contributed by atoms with van der Waals surface area (Å²) in [6, 6.07) is 2.10. The van der Waals surface area contributed by atoms with Crippen molar-refractivity contribution in [1.29, 1.82) is 0 Å². The van der Waals surface area contributed by atoms with E-state index >= 15 is 0 Å². The van der Waals surface area contributed by atoms with Gasteiger partial charge in [-0.1, -0.05) is 33.3 Å². The molecule has 16 heavy (non-hydrogen) atoms. The van der Waals surface area contributed by atoms with Crippen LogP contribution in [0.15, 0.2) is 12.2 Å². The molecule has 0 unspecified atom stereocenters. The van der Waals surface area contributed by atoms with Crippen molar-refractivity contribution in [2.45, 2.75) is 64.1 Å². The lowest BCUT2D eigenvalue weighted by Gasteiger charge is -2.34. The lowest BCUT2D eigenvalue weighted by molar-refractivity contribution is -0.131. The van der Waals surface area contributed by atoms with Crippen molar-refractivity contribution in [2.24, 2.45) is 0 Å². The van der Waals surface area contributed by atoms with Gasteiger partial charge in [0.15, 0.2) is 0 Å². The van der Waals surface area contributed by atoms with Gasteiger partial charge in [0.05, 0.1) is 0 Å². The van der Waals surface area contributed by atoms with Crippen LogP contribution in [0.3, 0.4) is 0 Å². The second kappa shape index (κ2) is 5.67. The van der Waals surface area contributed by atoms with Crippen LogP contribution in [0.4, 0.5) is 0 Å². The van der Waals surface area contributed by atoms with Crippen LogP contribution in [-0.2, 0) is 9.22 Å². The standard InChI is InChI=1S/C13H24O2Si/c1-5-16(6-2,12-9-7-8-10-12)15-13(14)11(3)4/h12H,3,5-10H2,1-2,4H3. The van der Waals surface area contributed by atoms with Crippen molar-refractivity contribution in [3.63, 3.8) is 0 Å². The number of carbonyl (C=O) groups is 1. The van der Waals surface area contributed by atoms with Crippen LogP contribution in [0.5, 0.6) is 0 Å². The molecule has 2 nitrogen and oxygen atoms in total. The van der Waals surface area contributed by atoms with E-state index in [9.17, 15) is 4.79 Å². The molecule has 1 aliphatic carbocycles. The Balaban J connectivity index is 2.78. The summed E-state index contributed by atoms with van der Waals surface area (Å²) in [6.07, 6.45) is 5.14. The third-order valence-electron chi connectivity index (χ3n) is 3.94. The Labute approximate surface area is 100 Å². The molecule has 3 heteroatoms. The molecule has 0 amide bonds. The van der Waals surface area contributed by atoms with E-state index in [2.05, 4.69) is 20.4 Å². The monoisotopic (exact) mass is 240 g/mol. The minimum Gasteiger partial charge on any atom is -0.516 e. The highest BCUT2D eigenvalue weighted by Crippen LogP contribution is 2.43. The van der Waals surface area contributed by atoms with Gasteiger partial charge >= 0.3 is 5.97 Å². The molecular weight excluding hydrogens is 216 g/mol. The maximum absolute atomic E-state index is 11.7. The topological polar surface area (TPSA) is 26.3 Å². The highest BCUT2D eigenvalue weighted by molar-refractivity contribution is 6.76. The Kier molecular flexibility index (Phi) is 4.78. The largest absolute Gasteiger partial charge is 0.516 e. The lowest BCUT2D eigenvalue weighted by Crippen LogP contribution is -2.43. The van der Waals surface area contributed by atoms with Crippen LogP contribution in [-0.4, -0.2) is 14.3 Å². The molecule has 1 aliphatic rings. The van der Waals surface area contributed by atoms with Crippen molar-refractivity contribution >= 4 is 14.3 Å². The highest BCUT2D eigenvalue weighted by Gasteiger charge is 2.44. The van der Waals surface area contributed by atoms with Gasteiger partial charge in [-0.15, -0.1) is 0 Å². The van der Waals surface area contributed by atoms with E-state index in [-0.39, 0.29) is 5.97 Å². The summed E-state index contributed by atoms with van der Waals surface area (Å²) < 4.78 is 5.88. The molecule has 0 N–H and O–H groups in total. The van der Waals surface area contributed by atoms with Crippen molar-refractivity contribution in [1.82, 2.24) is 0 Å². The van der Waals surface area contributed by atoms with Crippen LogP contribution < -0.4 is 0 Å². The molecule has 0 spiro atoms. The lowest BCUT2D eigenvalue weighted by atomic mass is 10.4. The zero-order chi connectivity index (χ0) is 12.2. The Morgan fingerprint density at radius 1 is 1.31 bits per heavy atom. The van der Waals surface area contributed by atoms with Crippen molar-refractivity contribution < 1.29 is 9.22 Å². The Morgan fingerprint density at radius 3 is 2.19 bits per heavy atom. The molecule has 1 rings (SSSR count). The van der Waals surface area contributed by atoms with Crippen LogP contribution in [0.1, 0.15) is 46.5 Å². The van der Waals surface area contributed by atoms with E-state index in [1.807, 2.05) is 0 Å². The number of hydrogen-bond acceptors (Lipinski definition) is 2. The SMILES string of the molecule is C=C(C)C(=O)O[Si](CC)(CC)C1CCCC1. The summed E-state index contributed by atoms with van der Waals surface area (Å²) >= 11 is 0. The second-order valence-electron chi connectivity index (χ2n) is 4.92. The van der Waals surface area contributed by atoms with Crippen LogP contribution in [0, 0.1) is 0 Å². The smallest absolute Gasteiger partial charge is 0.319 e. The van der Waals surface area contributed by atoms with Gasteiger partial charge < -0.3 is 4.43 Å². The van der Waals surface area contributed by atoms with Gasteiger partial charge in [0.25, 0.3) is 8.32 Å². The molecule has 1 saturated carbocycles. The maximum atomic E-state index is 11.7. The first kappa shape index (κ1) is 13.5. The van der Waals surface area contributed by atoms with Crippen LogP contribution in [0.2, 0.25) is 17.6 Å². The molecular formula is C13H24O2Si. The van der Waals surface area contributed by atoms with Gasteiger partial charge in [-0.25, -0.2) is 4.79 Å². The zero-order valence-corrected chi connectivity index (χ0v) is 11.8. The Bertz CT molecular complexity index is 263. The first-order chi connectivity index (χ1) is 7.55. The molecule has 92 valence electrons. The fourth-order valence-electron chi connectivity index (χ4n) is 2.78. The van der Waals surface area contributed by atoms with E-state index in [0.717, 1.165) is 12.1 Å². The van der Waals surface area contributed by atoms with E-state index in [4.69, 9.17) is 4.43 Å². The number of carbonyl (C=O) groups excluding carboxylic acids is 1. The summed E-state index contributed by atoms with van der Waals surface area (Å²) in [7, 11) is -1.85. The van der Waals surface area contributed by atoms with Crippen LogP contribution in [0.25, 0.3) is 0 Å². The molecule has 0 aromatic carbocycles. The molecule has 0 saturated heterocycles. The van der Waals surface area contributed by atoms with Crippen molar-refractivity contribution in [3.8, 4) is 0 Å². The molecule has 0 aromatic heterocycles. The third-order valence-corrected chi connectivity index (χ3v) is 8.99. The minimum absolute atomic E-state index is 0.165. The van der Waals surface area contributed by atoms with Crippen molar-refractivity contribution in [2.75, 3.05) is 0 Å². The molecule has 0 bridgehead atoms. The van der Waals surface area contributed by atoms with Crippen molar-refractivity contribution in [3.05, 3.63) is 12.2 Å². The van der Waals surface area contributed by atoms with E-state index in [1.54, 1.807) is 6.92 Å². The van der Waals surface area contributed by atoms with Gasteiger partial charge in [-0.3, -0.25) is 0 Å². The minimum atomic E-state index is -1.85. The highest BCUT2D eigenvalue weighted by atomic mass is 28.4. The number of rotatable bonds is 5. The van der Waals surface area contributed by atoms with Gasteiger partial charge in [0, 0.05) is 5.57 Å². The first-order valence-electron chi connectivity index (χ1n) is 6.44. The quantitative estimate of drug-likeness (QED) is 0.535. The summed E-state index contributed by atoms with van der Waals surface area (Å²) in [4.78, 5) is 11.7. The van der Waals surface area contributed by atoms with Gasteiger partial charge in [-0.05, 0) is 37.4 Å². The van der Waals surface area contributed by atoms with Gasteiger partial charge in [0.2, 0.25) is 0 Å². The fraction of sp³-hybridized carbons (Fsp3) is 0.769. The Hall–Kier alpha value is -0.573. The van der Waals surface area contributed by atoms with Crippen LogP contribution >= 0.6 is 0 Å². The molecule has 0 aliphatic heterocycles. The summed E-state index contributed by atoms with van der Waals surface area (Å²) in [6.45, 7) is 9.78. The van der Waals surface area contributed by atoms with E-state index in [0.29, 0.717) is 11.1 Å². The normalized spacial score (nSPS) is 17.4. The molecule has 0 heterocycles. The predicted molar refractivity (Wildman–Crippen MR) is 69.8 cm³/mol. The van der Waals surface area contributed by atoms with E-state index in [1.165, 1.54) is 25.7 Å². The molecule has 0 atom stereocenters. The summed E-state index contributed by atoms with van der Waals surface area (Å²) in [5.41, 5.74) is 1.22. The molecule has 1 fully saturated rings. The maximum Gasteiger partial charge on any atom is 0.319 e. The summed E-state index contributed by atoms with van der Waals surface area (Å²) in [5.74, 6) is -0.165. The van der Waals surface area contributed by atoms with Gasteiger partial charge in [0.1, 0.15) is 0 Å². The zero-order valence-electron chi connectivity index (χ0n) is 10.8. The molecule has 0 aromatic rings. The summed E-state index contributed by atoms with van der Waals surface area (Å²) in [5, 5.41) is 0.